The fourth-order valence-corrected chi connectivity index (χ4v) is 3.36. The van der Waals surface area contributed by atoms with E-state index in [2.05, 4.69) is 5.32 Å². The highest BCUT2D eigenvalue weighted by atomic mass is 32.2. The smallest absolute Gasteiger partial charge is 0.408 e. The van der Waals surface area contributed by atoms with Crippen LogP contribution >= 0.6 is 11.8 Å². The van der Waals surface area contributed by atoms with Crippen LogP contribution in [0.1, 0.15) is 18.4 Å². The summed E-state index contributed by atoms with van der Waals surface area (Å²) < 4.78 is 5.15. The second-order valence-electron chi connectivity index (χ2n) is 6.27. The average Bonchev–Trinajstić information content (AvgIpc) is 3.06. The van der Waals surface area contributed by atoms with Crippen molar-refractivity contribution in [3.05, 3.63) is 35.9 Å². The third kappa shape index (κ3) is 6.14. The lowest BCUT2D eigenvalue weighted by molar-refractivity contribution is -0.149. The molecule has 1 aliphatic heterocycles. The predicted molar refractivity (Wildman–Crippen MR) is 100 cm³/mol. The van der Waals surface area contributed by atoms with Crippen molar-refractivity contribution in [1.29, 1.82) is 0 Å². The lowest BCUT2D eigenvalue weighted by Gasteiger charge is -2.27. The lowest BCUT2D eigenvalue weighted by Crippen LogP contribution is -2.52. The number of aliphatic hydroxyl groups is 1. The van der Waals surface area contributed by atoms with Gasteiger partial charge in [-0.15, -0.1) is 0 Å². The summed E-state index contributed by atoms with van der Waals surface area (Å²) in [4.78, 5) is 37.4. The molecule has 0 saturated carbocycles. The van der Waals surface area contributed by atoms with Crippen LogP contribution in [-0.4, -0.2) is 69.8 Å². The molecule has 0 radical (unpaired) electrons. The van der Waals surface area contributed by atoms with Gasteiger partial charge in [0.2, 0.25) is 5.91 Å². The van der Waals surface area contributed by atoms with Crippen LogP contribution in [0.25, 0.3) is 0 Å². The molecule has 0 unspecified atom stereocenters. The molecule has 1 aromatic rings. The van der Waals surface area contributed by atoms with E-state index in [1.165, 1.54) is 11.8 Å². The van der Waals surface area contributed by atoms with Crippen LogP contribution in [0.15, 0.2) is 30.3 Å². The van der Waals surface area contributed by atoms with Crippen LogP contribution in [0.3, 0.4) is 0 Å². The van der Waals surface area contributed by atoms with Gasteiger partial charge in [-0.2, -0.15) is 11.8 Å². The molecule has 3 N–H and O–H groups in total. The highest BCUT2D eigenvalue weighted by Crippen LogP contribution is 2.20. The Morgan fingerprint density at radius 3 is 2.67 bits per heavy atom. The predicted octanol–water partition coefficient (Wildman–Crippen LogP) is 1.08. The molecule has 0 aliphatic carbocycles. The molecule has 27 heavy (non-hydrogen) atoms. The third-order valence-electron chi connectivity index (χ3n) is 4.26. The van der Waals surface area contributed by atoms with Crippen LogP contribution in [0.2, 0.25) is 0 Å². The number of nitrogens with zero attached hydrogens (tertiary/aromatic N) is 1. The number of alkyl carbamates (subject to hydrolysis) is 1. The molecule has 1 aliphatic rings. The van der Waals surface area contributed by atoms with Crippen molar-refractivity contribution in [2.45, 2.75) is 37.6 Å². The fourth-order valence-electron chi connectivity index (χ4n) is 2.89. The van der Waals surface area contributed by atoms with E-state index >= 15 is 0 Å². The number of aliphatic carboxylic acids is 1. The number of carbonyl (C=O) groups is 3. The maximum absolute atomic E-state index is 12.8. The van der Waals surface area contributed by atoms with E-state index < -0.39 is 36.2 Å². The van der Waals surface area contributed by atoms with Crippen molar-refractivity contribution in [1.82, 2.24) is 10.2 Å². The summed E-state index contributed by atoms with van der Waals surface area (Å²) in [6.07, 6.45) is 0.550. The Balaban J connectivity index is 1.99. The largest absolute Gasteiger partial charge is 0.480 e. The molecule has 0 aromatic heterocycles. The molecule has 148 valence electrons. The van der Waals surface area contributed by atoms with E-state index in [1.54, 1.807) is 0 Å². The maximum atomic E-state index is 12.8. The number of carboxylic acids is 1. The second-order valence-corrected chi connectivity index (χ2v) is 7.26. The number of β-amino-alcohol motifs (C(OH)–C–C–N with tert-alkyl or cyclic N) is 1. The average molecular weight is 396 g/mol. The van der Waals surface area contributed by atoms with Gasteiger partial charge in [-0.25, -0.2) is 9.59 Å². The van der Waals surface area contributed by atoms with Crippen molar-refractivity contribution in [3.8, 4) is 0 Å². The van der Waals surface area contributed by atoms with Crippen molar-refractivity contribution < 1.29 is 29.3 Å². The molecule has 0 bridgehead atoms. The number of likely N-dealkylation sites (tertiary alicyclic amines) is 1. The molecule has 1 fully saturated rings. The minimum atomic E-state index is -1.17. The number of amides is 2. The number of hydrogen-bond acceptors (Lipinski definition) is 6. The number of nitrogens with one attached hydrogen (secondary N) is 1. The molecule has 8 nitrogen and oxygen atoms in total. The van der Waals surface area contributed by atoms with E-state index in [9.17, 15) is 24.6 Å². The zero-order valence-corrected chi connectivity index (χ0v) is 15.9. The van der Waals surface area contributed by atoms with Crippen LogP contribution in [0, 0.1) is 0 Å². The molecule has 0 spiro atoms. The quantitative estimate of drug-likeness (QED) is 0.602. The number of carbonyl (C=O) groups excluding carboxylic acids is 2. The minimum absolute atomic E-state index is 0.0191. The Morgan fingerprint density at radius 2 is 2.04 bits per heavy atom. The minimum Gasteiger partial charge on any atom is -0.480 e. The molecular weight excluding hydrogens is 372 g/mol. The number of carboxylic acid groups (broad SMARTS) is 1. The van der Waals surface area contributed by atoms with Gasteiger partial charge in [-0.3, -0.25) is 4.79 Å². The first-order valence-electron chi connectivity index (χ1n) is 8.60. The van der Waals surface area contributed by atoms with Crippen LogP contribution in [0.5, 0.6) is 0 Å². The van der Waals surface area contributed by atoms with Gasteiger partial charge in [0, 0.05) is 13.0 Å². The van der Waals surface area contributed by atoms with Crippen LogP contribution < -0.4 is 5.32 Å². The number of hydrogen-bond donors (Lipinski definition) is 3. The Hall–Kier alpha value is -2.26. The van der Waals surface area contributed by atoms with E-state index in [0.29, 0.717) is 12.2 Å². The summed E-state index contributed by atoms with van der Waals surface area (Å²) in [7, 11) is 0. The monoisotopic (exact) mass is 396 g/mol. The summed E-state index contributed by atoms with van der Waals surface area (Å²) >= 11 is 1.51. The molecule has 3 atom stereocenters. The number of aliphatic hydroxyl groups excluding tert-OH is 1. The Morgan fingerprint density at radius 1 is 1.33 bits per heavy atom. The van der Waals surface area contributed by atoms with Crippen LogP contribution in [-0.2, 0) is 20.9 Å². The molecule has 1 aromatic carbocycles. The summed E-state index contributed by atoms with van der Waals surface area (Å²) in [5.74, 6) is -1.09. The highest BCUT2D eigenvalue weighted by molar-refractivity contribution is 7.98. The van der Waals surface area contributed by atoms with Gasteiger partial charge < -0.3 is 25.2 Å². The molecule has 9 heteroatoms. The summed E-state index contributed by atoms with van der Waals surface area (Å²) in [5.41, 5.74) is 0.813. The summed E-state index contributed by atoms with van der Waals surface area (Å²) in [6, 6.07) is 7.13. The van der Waals surface area contributed by atoms with Crippen molar-refractivity contribution in [2.75, 3.05) is 18.6 Å². The first-order valence-corrected chi connectivity index (χ1v) is 9.99. The molecule has 2 amide bonds. The Labute approximate surface area is 161 Å². The first kappa shape index (κ1) is 21.0. The van der Waals surface area contributed by atoms with Gasteiger partial charge in [-0.05, 0) is 24.0 Å². The van der Waals surface area contributed by atoms with E-state index in [4.69, 9.17) is 4.74 Å². The van der Waals surface area contributed by atoms with Gasteiger partial charge >= 0.3 is 12.1 Å². The molecular formula is C18H24N2O6S. The number of thioether (sulfide) groups is 1. The molecule has 1 heterocycles. The molecule has 1 saturated heterocycles. The van der Waals surface area contributed by atoms with Crippen molar-refractivity contribution in [2.24, 2.45) is 0 Å². The second kappa shape index (κ2) is 10.2. The Bertz CT molecular complexity index is 657. The zero-order valence-electron chi connectivity index (χ0n) is 15.0. The van der Waals surface area contributed by atoms with Gasteiger partial charge in [0.05, 0.1) is 6.10 Å². The van der Waals surface area contributed by atoms with Crippen molar-refractivity contribution >= 4 is 29.7 Å². The van der Waals surface area contributed by atoms with Crippen LogP contribution in [0.4, 0.5) is 4.79 Å². The van der Waals surface area contributed by atoms with Gasteiger partial charge in [-0.1, -0.05) is 30.3 Å². The van der Waals surface area contributed by atoms with Gasteiger partial charge in [0.25, 0.3) is 0 Å². The van der Waals surface area contributed by atoms with Gasteiger partial charge in [0.1, 0.15) is 18.7 Å². The topological polar surface area (TPSA) is 116 Å². The SMILES string of the molecule is CSCC[C@H](NC(=O)OCc1ccccc1)C(=O)N1C[C@H](O)C[C@H]1C(=O)O. The lowest BCUT2D eigenvalue weighted by atomic mass is 10.1. The van der Waals surface area contributed by atoms with Gasteiger partial charge in [0.15, 0.2) is 0 Å². The number of ether oxygens (including phenoxy) is 1. The van der Waals surface area contributed by atoms with E-state index in [-0.39, 0.29) is 19.6 Å². The van der Waals surface area contributed by atoms with E-state index in [0.717, 1.165) is 10.5 Å². The van der Waals surface area contributed by atoms with Crippen molar-refractivity contribution in [3.63, 3.8) is 0 Å². The fraction of sp³-hybridized carbons (Fsp3) is 0.500. The highest BCUT2D eigenvalue weighted by Gasteiger charge is 2.41. The maximum Gasteiger partial charge on any atom is 0.408 e. The molecule has 2 rings (SSSR count). The number of benzene rings is 1. The summed E-state index contributed by atoms with van der Waals surface area (Å²) in [5, 5.41) is 21.6. The van der Waals surface area contributed by atoms with E-state index in [1.807, 2.05) is 36.6 Å². The first-order chi connectivity index (χ1) is 12.9. The zero-order chi connectivity index (χ0) is 19.8. The Kier molecular flexibility index (Phi) is 7.93. The summed E-state index contributed by atoms with van der Waals surface area (Å²) in [6.45, 7) is 0.00258. The normalized spacial score (nSPS) is 20.1. The third-order valence-corrected chi connectivity index (χ3v) is 4.90. The number of rotatable bonds is 8. The standard InChI is InChI=1S/C18H24N2O6S/c1-27-8-7-14(16(22)20-10-13(21)9-15(20)17(23)24)19-18(25)26-11-12-5-3-2-4-6-12/h2-6,13-15,21H,7-11H2,1H3,(H,19,25)(H,23,24)/t13-,14+,15+/m1/s1.